The van der Waals surface area contributed by atoms with Gasteiger partial charge in [-0.3, -0.25) is 14.6 Å². The number of allylic oxidation sites excluding steroid dienone is 2. The molecule has 3 atom stereocenters. The summed E-state index contributed by atoms with van der Waals surface area (Å²) in [5.41, 5.74) is 4.70. The molecular formula is C35H37NO7. The summed E-state index contributed by atoms with van der Waals surface area (Å²) < 4.78 is 27.7. The van der Waals surface area contributed by atoms with Gasteiger partial charge in [0.15, 0.2) is 17.3 Å². The first-order valence-corrected chi connectivity index (χ1v) is 14.4. The average molecular weight is 584 g/mol. The molecule has 0 saturated heterocycles. The van der Waals surface area contributed by atoms with Gasteiger partial charge in [0.2, 0.25) is 0 Å². The summed E-state index contributed by atoms with van der Waals surface area (Å²) in [5.74, 6) is 0.0374. The van der Waals surface area contributed by atoms with Gasteiger partial charge in [0, 0.05) is 36.4 Å². The van der Waals surface area contributed by atoms with Crippen molar-refractivity contribution >= 4 is 17.5 Å². The summed E-state index contributed by atoms with van der Waals surface area (Å²) in [6, 6.07) is 23.3. The first kappa shape index (κ1) is 30.0. The lowest BCUT2D eigenvalue weighted by atomic mass is 9.69. The van der Waals surface area contributed by atoms with Gasteiger partial charge >= 0.3 is 5.97 Å². The Morgan fingerprint density at radius 3 is 2.40 bits per heavy atom. The standard InChI is InChI=1S/C35H37NO7/c1-22-32(35(38)42-16-15-39-2)33(25-11-8-12-27(17-25)43-21-23-9-6-5-7-10-23)34-28(36-22)18-26(19-29(34)37)24-13-14-30(40-3)31(20-24)41-4/h5-14,17,20,26,32-33H,15-16,18-19,21H2,1-4H3/t26-,32?,33+/m1/s1. The first-order valence-electron chi connectivity index (χ1n) is 14.4. The molecule has 0 saturated carbocycles. The predicted octanol–water partition coefficient (Wildman–Crippen LogP) is 6.05. The fourth-order valence-electron chi connectivity index (χ4n) is 5.92. The number of nitrogens with zero attached hydrogens (tertiary/aromatic N) is 1. The van der Waals surface area contributed by atoms with Crippen molar-refractivity contribution < 1.29 is 33.3 Å². The maximum absolute atomic E-state index is 14.0. The minimum absolute atomic E-state index is 0.0346. The molecule has 0 spiro atoms. The fourth-order valence-corrected chi connectivity index (χ4v) is 5.92. The van der Waals surface area contributed by atoms with E-state index in [-0.39, 0.29) is 31.3 Å². The number of aliphatic imine (C=N–C) groups is 1. The molecule has 1 heterocycles. The smallest absolute Gasteiger partial charge is 0.315 e. The van der Waals surface area contributed by atoms with Gasteiger partial charge in [0.25, 0.3) is 0 Å². The molecule has 2 aliphatic rings. The molecule has 0 fully saturated rings. The van der Waals surface area contributed by atoms with Crippen LogP contribution < -0.4 is 14.2 Å². The number of rotatable bonds is 11. The van der Waals surface area contributed by atoms with Crippen molar-refractivity contribution in [2.75, 3.05) is 34.5 Å². The third-order valence-corrected chi connectivity index (χ3v) is 8.02. The van der Waals surface area contributed by atoms with E-state index in [9.17, 15) is 9.59 Å². The van der Waals surface area contributed by atoms with Crippen LogP contribution in [0.3, 0.4) is 0 Å². The molecule has 0 N–H and O–H groups in total. The number of ketones is 1. The van der Waals surface area contributed by atoms with Crippen molar-refractivity contribution in [3.63, 3.8) is 0 Å². The predicted molar refractivity (Wildman–Crippen MR) is 163 cm³/mol. The second-order valence-corrected chi connectivity index (χ2v) is 10.7. The van der Waals surface area contributed by atoms with Crippen LogP contribution in [0.4, 0.5) is 0 Å². The van der Waals surface area contributed by atoms with Gasteiger partial charge < -0.3 is 23.7 Å². The lowest BCUT2D eigenvalue weighted by Gasteiger charge is -2.36. The molecule has 43 heavy (non-hydrogen) atoms. The van der Waals surface area contributed by atoms with Crippen molar-refractivity contribution in [2.24, 2.45) is 10.9 Å². The number of hydrogen-bond donors (Lipinski definition) is 0. The largest absolute Gasteiger partial charge is 0.493 e. The summed E-state index contributed by atoms with van der Waals surface area (Å²) in [6.07, 6.45) is 0.842. The van der Waals surface area contributed by atoms with E-state index in [0.717, 1.165) is 16.7 Å². The SMILES string of the molecule is COCCOC(=O)C1C(C)=NC2=C(C(=O)C[C@H](c3ccc(OC)c(OC)c3)C2)[C@H]1c1cccc(OCc2ccccc2)c1. The topological polar surface area (TPSA) is 92.7 Å². The zero-order valence-electron chi connectivity index (χ0n) is 25.0. The molecule has 224 valence electrons. The van der Waals surface area contributed by atoms with Crippen LogP contribution in [0, 0.1) is 5.92 Å². The van der Waals surface area contributed by atoms with E-state index in [0.29, 0.717) is 47.3 Å². The zero-order chi connectivity index (χ0) is 30.3. The third-order valence-electron chi connectivity index (χ3n) is 8.02. The molecule has 3 aromatic rings. The van der Waals surface area contributed by atoms with Crippen LogP contribution in [-0.2, 0) is 25.7 Å². The highest BCUT2D eigenvalue weighted by Gasteiger charge is 2.45. The van der Waals surface area contributed by atoms with Gasteiger partial charge in [-0.15, -0.1) is 0 Å². The van der Waals surface area contributed by atoms with Crippen LogP contribution >= 0.6 is 0 Å². The summed E-state index contributed by atoms with van der Waals surface area (Å²) in [7, 11) is 4.74. The molecular weight excluding hydrogens is 546 g/mol. The second kappa shape index (κ2) is 13.7. The molecule has 0 aromatic heterocycles. The van der Waals surface area contributed by atoms with E-state index in [1.54, 1.807) is 21.3 Å². The summed E-state index contributed by atoms with van der Waals surface area (Å²) in [5, 5.41) is 0. The summed E-state index contributed by atoms with van der Waals surface area (Å²) >= 11 is 0. The van der Waals surface area contributed by atoms with E-state index in [2.05, 4.69) is 0 Å². The Hall–Kier alpha value is -4.43. The van der Waals surface area contributed by atoms with Crippen LogP contribution in [0.5, 0.6) is 17.2 Å². The van der Waals surface area contributed by atoms with Crippen LogP contribution in [0.15, 0.2) is 89.1 Å². The number of ether oxygens (including phenoxy) is 5. The fraction of sp³-hybridized carbons (Fsp3) is 0.343. The van der Waals surface area contributed by atoms with Crippen LogP contribution in [0.1, 0.15) is 48.3 Å². The molecule has 0 radical (unpaired) electrons. The number of benzene rings is 3. The van der Waals surface area contributed by atoms with E-state index in [1.165, 1.54) is 0 Å². The Morgan fingerprint density at radius 1 is 0.860 bits per heavy atom. The van der Waals surface area contributed by atoms with Crippen molar-refractivity contribution in [1.82, 2.24) is 0 Å². The monoisotopic (exact) mass is 583 g/mol. The molecule has 1 aliphatic carbocycles. The van der Waals surface area contributed by atoms with Gasteiger partial charge in [-0.1, -0.05) is 48.5 Å². The van der Waals surface area contributed by atoms with Gasteiger partial charge in [-0.05, 0) is 60.2 Å². The van der Waals surface area contributed by atoms with Crippen molar-refractivity contribution in [2.45, 2.75) is 38.2 Å². The maximum atomic E-state index is 14.0. The Labute approximate surface area is 252 Å². The number of carbonyl (C=O) groups is 2. The van der Waals surface area contributed by atoms with E-state index in [1.807, 2.05) is 79.7 Å². The summed E-state index contributed by atoms with van der Waals surface area (Å²) in [4.78, 5) is 32.4. The highest BCUT2D eigenvalue weighted by atomic mass is 16.6. The highest BCUT2D eigenvalue weighted by Crippen LogP contribution is 2.48. The molecule has 8 nitrogen and oxygen atoms in total. The molecule has 3 aromatic carbocycles. The van der Waals surface area contributed by atoms with Crippen molar-refractivity contribution in [1.29, 1.82) is 0 Å². The molecule has 0 amide bonds. The quantitative estimate of drug-likeness (QED) is 0.201. The maximum Gasteiger partial charge on any atom is 0.315 e. The molecule has 1 aliphatic heterocycles. The number of esters is 1. The summed E-state index contributed by atoms with van der Waals surface area (Å²) in [6.45, 7) is 2.63. The van der Waals surface area contributed by atoms with Crippen LogP contribution in [0.25, 0.3) is 0 Å². The zero-order valence-corrected chi connectivity index (χ0v) is 25.0. The molecule has 1 unspecified atom stereocenters. The minimum Gasteiger partial charge on any atom is -0.493 e. The number of methoxy groups -OCH3 is 3. The Balaban J connectivity index is 1.50. The Kier molecular flexibility index (Phi) is 9.57. The van der Waals surface area contributed by atoms with Crippen LogP contribution in [-0.4, -0.2) is 52.0 Å². The number of carbonyl (C=O) groups excluding carboxylic acids is 2. The average Bonchev–Trinajstić information content (AvgIpc) is 3.03. The van der Waals surface area contributed by atoms with Crippen LogP contribution in [0.2, 0.25) is 0 Å². The minimum atomic E-state index is -0.749. The van der Waals surface area contributed by atoms with E-state index >= 15 is 0 Å². The molecule has 0 bridgehead atoms. The Bertz CT molecular complexity index is 1530. The Morgan fingerprint density at radius 2 is 1.65 bits per heavy atom. The lowest BCUT2D eigenvalue weighted by Crippen LogP contribution is -2.38. The van der Waals surface area contributed by atoms with E-state index in [4.69, 9.17) is 28.7 Å². The number of Topliss-reactive ketones (excluding diaryl/α,β-unsaturated/α-hetero) is 1. The van der Waals surface area contributed by atoms with Gasteiger partial charge in [-0.2, -0.15) is 0 Å². The third kappa shape index (κ3) is 6.65. The number of hydrogen-bond acceptors (Lipinski definition) is 8. The molecule has 5 rings (SSSR count). The van der Waals surface area contributed by atoms with Crippen molar-refractivity contribution in [3.05, 3.63) is 101 Å². The second-order valence-electron chi connectivity index (χ2n) is 10.7. The highest BCUT2D eigenvalue weighted by molar-refractivity contribution is 6.09. The normalized spacial score (nSPS) is 19.8. The van der Waals surface area contributed by atoms with Gasteiger partial charge in [0.05, 0.1) is 20.8 Å². The van der Waals surface area contributed by atoms with Crippen molar-refractivity contribution in [3.8, 4) is 17.2 Å². The van der Waals surface area contributed by atoms with E-state index < -0.39 is 17.8 Å². The first-order chi connectivity index (χ1) is 20.9. The molecule has 8 heteroatoms. The van der Waals surface area contributed by atoms with Gasteiger partial charge in [-0.25, -0.2) is 0 Å². The lowest BCUT2D eigenvalue weighted by molar-refractivity contribution is -0.147. The van der Waals surface area contributed by atoms with Gasteiger partial charge in [0.1, 0.15) is 24.9 Å².